The molecule has 0 heterocycles. The molecule has 0 spiro atoms. The van der Waals surface area contributed by atoms with E-state index in [9.17, 15) is 0 Å². The molecular weight excluding hydrogens is 126 g/mol. The van der Waals surface area contributed by atoms with E-state index in [-0.39, 0.29) is 54.6 Å². The Morgan fingerprint density at radius 1 is 1.00 bits per heavy atom. The molecule has 0 saturated carbocycles. The first-order chi connectivity index (χ1) is 0. The van der Waals surface area contributed by atoms with Crippen LogP contribution in [0.25, 0.3) is 0 Å². The van der Waals surface area contributed by atoms with Gasteiger partial charge in [0.25, 0.3) is 0 Å². The van der Waals surface area contributed by atoms with Gasteiger partial charge in [-0.3, -0.25) is 0 Å². The zero-order valence-electron chi connectivity index (χ0n) is 1.96. The molecule has 0 aromatic heterocycles. The van der Waals surface area contributed by atoms with Gasteiger partial charge in [0.15, 0.2) is 0 Å². The summed E-state index contributed by atoms with van der Waals surface area (Å²) in [6.07, 6.45) is 0. The fourth-order valence-electron chi connectivity index (χ4n) is 0. The maximum atomic E-state index is 0. The molecule has 0 aromatic carbocycles. The summed E-state index contributed by atoms with van der Waals surface area (Å²) >= 11 is 0. The minimum Gasteiger partial charge on any atom is 0 e. The molecule has 0 unspecified atom stereocenters. The van der Waals surface area contributed by atoms with Crippen molar-refractivity contribution < 1.29 is 38.8 Å². The van der Waals surface area contributed by atoms with E-state index in [0.29, 0.717) is 0 Å². The van der Waals surface area contributed by atoms with Crippen molar-refractivity contribution in [2.45, 2.75) is 0 Å². The van der Waals surface area contributed by atoms with Crippen LogP contribution in [-0.4, -0.2) is 8.41 Å². The molecule has 4 heavy (non-hydrogen) atoms. The fourth-order valence-corrected chi connectivity index (χ4v) is 0. The third kappa shape index (κ3) is 10.3. The normalized spacial score (nSPS) is 0. The van der Waals surface area contributed by atoms with Gasteiger partial charge in [-0.05, 0) is 0 Å². The average molecular weight is 126 g/mol. The molecule has 0 amide bonds. The van der Waals surface area contributed by atoms with Gasteiger partial charge in [0, 0.05) is 54.6 Å². The molecule has 8 radical (unpaired) electrons. The molecule has 3 heteroatoms. The standard InChI is InChI=1S/C.B.Mn.Ti. The Kier molecular flexibility index (Phi) is 403. The number of rotatable bonds is 0. The van der Waals surface area contributed by atoms with Crippen molar-refractivity contribution in [2.24, 2.45) is 0 Å². The van der Waals surface area contributed by atoms with E-state index in [4.69, 9.17) is 0 Å². The molecule has 0 aliphatic carbocycles. The molecule has 0 fully saturated rings. The zero-order valence-corrected chi connectivity index (χ0v) is 4.70. The average Bonchev–Trinajstić information content (AvgIpc) is 0. The Balaban J connectivity index is 0. The Morgan fingerprint density at radius 3 is 1.00 bits per heavy atom. The van der Waals surface area contributed by atoms with Crippen LogP contribution in [0.2, 0.25) is 0 Å². The molecule has 18 valence electrons. The van der Waals surface area contributed by atoms with Crippen molar-refractivity contribution in [3.63, 3.8) is 0 Å². The Morgan fingerprint density at radius 2 is 1.00 bits per heavy atom. The van der Waals surface area contributed by atoms with Gasteiger partial charge in [0.2, 0.25) is 0 Å². The summed E-state index contributed by atoms with van der Waals surface area (Å²) in [5.74, 6) is 0. The third-order valence-corrected chi connectivity index (χ3v) is 0. The topological polar surface area (TPSA) is 0 Å². The monoisotopic (exact) mass is 126 g/mol. The van der Waals surface area contributed by atoms with Gasteiger partial charge in [-0.2, -0.15) is 0 Å². The number of hydrogen-bond donors (Lipinski definition) is 0. The Bertz CT molecular complexity index is 8.00. The second-order valence-corrected chi connectivity index (χ2v) is 0. The molecule has 0 saturated heterocycles. The number of hydrogen-bond acceptors (Lipinski definition) is 0. The van der Waals surface area contributed by atoms with Gasteiger partial charge in [-0.15, -0.1) is 0 Å². The minimum absolute atomic E-state index is 0. The van der Waals surface area contributed by atoms with Crippen molar-refractivity contribution in [1.82, 2.24) is 0 Å². The van der Waals surface area contributed by atoms with Gasteiger partial charge in [-0.1, -0.05) is 0 Å². The van der Waals surface area contributed by atoms with Crippen LogP contribution in [0.5, 0.6) is 0 Å². The molecule has 0 bridgehead atoms. The molecule has 0 N–H and O–H groups in total. The summed E-state index contributed by atoms with van der Waals surface area (Å²) < 4.78 is 0. The van der Waals surface area contributed by atoms with E-state index in [1.165, 1.54) is 0 Å². The minimum atomic E-state index is 0. The predicted octanol–water partition coefficient (Wildman–Crippen LogP) is -0.305. The smallest absolute Gasteiger partial charge is 0 e. The van der Waals surface area contributed by atoms with Crippen LogP contribution in [0.15, 0.2) is 0 Å². The summed E-state index contributed by atoms with van der Waals surface area (Å²) in [5.41, 5.74) is 0. The van der Waals surface area contributed by atoms with E-state index in [0.717, 1.165) is 0 Å². The van der Waals surface area contributed by atoms with Gasteiger partial charge in [0.1, 0.15) is 0 Å². The van der Waals surface area contributed by atoms with E-state index in [1.54, 1.807) is 0 Å². The molecule has 0 rings (SSSR count). The van der Waals surface area contributed by atoms with Gasteiger partial charge >= 0.3 is 0 Å². The first kappa shape index (κ1) is 58.1. The maximum Gasteiger partial charge on any atom is 0 e. The Hall–Kier alpha value is 1.30. The van der Waals surface area contributed by atoms with Gasteiger partial charge < -0.3 is 0 Å². The van der Waals surface area contributed by atoms with Crippen molar-refractivity contribution in [3.05, 3.63) is 7.43 Å². The molecule has 0 aliphatic rings. The molecular formula is CBMnTi. The summed E-state index contributed by atoms with van der Waals surface area (Å²) in [6.45, 7) is 0. The van der Waals surface area contributed by atoms with Crippen molar-refractivity contribution in [2.75, 3.05) is 0 Å². The molecule has 0 atom stereocenters. The third-order valence-electron chi connectivity index (χ3n) is 0. The van der Waals surface area contributed by atoms with Crippen LogP contribution in [0.4, 0.5) is 0 Å². The van der Waals surface area contributed by atoms with Gasteiger partial charge in [-0.25, -0.2) is 0 Å². The largest absolute Gasteiger partial charge is 0 e. The van der Waals surface area contributed by atoms with Crippen molar-refractivity contribution in [1.29, 1.82) is 0 Å². The van der Waals surface area contributed by atoms with E-state index >= 15 is 0 Å². The first-order valence-electron chi connectivity index (χ1n) is 0. The first-order valence-corrected chi connectivity index (χ1v) is 0. The maximum absolute atomic E-state index is 0. The van der Waals surface area contributed by atoms with E-state index < -0.39 is 0 Å². The second-order valence-electron chi connectivity index (χ2n) is 0. The molecule has 0 nitrogen and oxygen atoms in total. The van der Waals surface area contributed by atoms with Crippen LogP contribution in [0.3, 0.4) is 0 Å². The van der Waals surface area contributed by atoms with Crippen molar-refractivity contribution in [3.8, 4) is 0 Å². The summed E-state index contributed by atoms with van der Waals surface area (Å²) in [5, 5.41) is 0. The van der Waals surface area contributed by atoms with E-state index in [2.05, 4.69) is 0 Å². The quantitative estimate of drug-likeness (QED) is 0.390. The van der Waals surface area contributed by atoms with Crippen LogP contribution in [-0.2, 0) is 38.8 Å². The SMILES string of the molecule is [B].[C].[Mn].[Ti]. The van der Waals surface area contributed by atoms with Crippen molar-refractivity contribution >= 4 is 8.41 Å². The van der Waals surface area contributed by atoms with Crippen LogP contribution >= 0.6 is 0 Å². The van der Waals surface area contributed by atoms with Crippen LogP contribution < -0.4 is 0 Å². The van der Waals surface area contributed by atoms with Crippen LogP contribution in [0.1, 0.15) is 0 Å². The van der Waals surface area contributed by atoms with Crippen LogP contribution in [0, 0.1) is 7.43 Å². The molecule has 0 aliphatic heterocycles. The Labute approximate surface area is 54.7 Å². The fraction of sp³-hybridized carbons (Fsp3) is 0. The summed E-state index contributed by atoms with van der Waals surface area (Å²) in [4.78, 5) is 0. The predicted molar refractivity (Wildman–Crippen MR) is 9.00 cm³/mol. The zero-order chi connectivity index (χ0) is 0. The summed E-state index contributed by atoms with van der Waals surface area (Å²) in [6, 6.07) is 0. The summed E-state index contributed by atoms with van der Waals surface area (Å²) in [7, 11) is 0. The second kappa shape index (κ2) is 27.7. The van der Waals surface area contributed by atoms with E-state index in [1.807, 2.05) is 0 Å². The molecule has 0 aromatic rings. The van der Waals surface area contributed by atoms with Gasteiger partial charge in [0.05, 0.1) is 0 Å².